The molecule has 114 valence electrons. The van der Waals surface area contributed by atoms with Crippen LogP contribution in [0.5, 0.6) is 0 Å². The molecule has 0 fully saturated rings. The van der Waals surface area contributed by atoms with Crippen molar-refractivity contribution in [1.29, 1.82) is 0 Å². The number of benzene rings is 1. The molecule has 0 aromatic heterocycles. The second-order valence-corrected chi connectivity index (χ2v) is 6.72. The van der Waals surface area contributed by atoms with E-state index < -0.39 is 0 Å². The summed E-state index contributed by atoms with van der Waals surface area (Å²) in [6, 6.07) is 9.82. The van der Waals surface area contributed by atoms with Crippen LogP contribution in [0.3, 0.4) is 0 Å². The zero-order valence-electron chi connectivity index (χ0n) is 14.1. The Morgan fingerprint density at radius 2 is 1.45 bits per heavy atom. The lowest BCUT2D eigenvalue weighted by atomic mass is 9.96. The van der Waals surface area contributed by atoms with Crippen LogP contribution in [0.25, 0.3) is 0 Å². The first-order chi connectivity index (χ1) is 9.36. The third-order valence-electron chi connectivity index (χ3n) is 4.21. The van der Waals surface area contributed by atoms with E-state index in [9.17, 15) is 0 Å². The van der Waals surface area contributed by atoms with Gasteiger partial charge in [-0.05, 0) is 43.4 Å². The van der Waals surface area contributed by atoms with E-state index >= 15 is 0 Å². The first-order valence-electron chi connectivity index (χ1n) is 7.88. The quantitative estimate of drug-likeness (QED) is 0.809. The Morgan fingerprint density at radius 1 is 0.950 bits per heavy atom. The van der Waals surface area contributed by atoms with E-state index in [0.717, 1.165) is 0 Å². The first kappa shape index (κ1) is 17.2. The van der Waals surface area contributed by atoms with Gasteiger partial charge in [0, 0.05) is 18.6 Å². The minimum absolute atomic E-state index is 0.310. The van der Waals surface area contributed by atoms with Crippen molar-refractivity contribution in [1.82, 2.24) is 4.90 Å². The summed E-state index contributed by atoms with van der Waals surface area (Å²) < 4.78 is 0. The minimum Gasteiger partial charge on any atom is -0.329 e. The average Bonchev–Trinajstić information content (AvgIpc) is 2.39. The molecule has 1 aromatic rings. The van der Waals surface area contributed by atoms with Crippen LogP contribution in [0.2, 0.25) is 0 Å². The third-order valence-corrected chi connectivity index (χ3v) is 4.21. The number of nitrogens with zero attached hydrogens (tertiary/aromatic N) is 1. The number of hydrogen-bond donors (Lipinski definition) is 1. The van der Waals surface area contributed by atoms with Gasteiger partial charge in [-0.1, -0.05) is 52.0 Å². The lowest BCUT2D eigenvalue weighted by molar-refractivity contribution is 0.168. The molecule has 2 nitrogen and oxygen atoms in total. The van der Waals surface area contributed by atoms with Gasteiger partial charge in [-0.15, -0.1) is 0 Å². The molecule has 0 bridgehead atoms. The van der Waals surface area contributed by atoms with Crippen molar-refractivity contribution in [2.45, 2.75) is 59.0 Å². The Balaban J connectivity index is 2.83. The van der Waals surface area contributed by atoms with Crippen LogP contribution in [-0.4, -0.2) is 24.5 Å². The van der Waals surface area contributed by atoms with E-state index in [1.54, 1.807) is 0 Å². The molecule has 2 heteroatoms. The highest BCUT2D eigenvalue weighted by Crippen LogP contribution is 2.24. The van der Waals surface area contributed by atoms with Gasteiger partial charge in [-0.2, -0.15) is 0 Å². The number of rotatable bonds is 7. The van der Waals surface area contributed by atoms with Gasteiger partial charge in [0.25, 0.3) is 0 Å². The van der Waals surface area contributed by atoms with Crippen molar-refractivity contribution >= 4 is 0 Å². The van der Waals surface area contributed by atoms with Crippen molar-refractivity contribution in [2.24, 2.45) is 11.7 Å². The highest BCUT2D eigenvalue weighted by atomic mass is 15.2. The number of hydrogen-bond acceptors (Lipinski definition) is 2. The SMILES string of the molecule is CC(C)CC(C)N(C)C(CN)c1ccc(C(C)C)cc1. The van der Waals surface area contributed by atoms with Crippen LogP contribution in [0.15, 0.2) is 24.3 Å². The normalized spacial score (nSPS) is 15.1. The van der Waals surface area contributed by atoms with Gasteiger partial charge in [-0.3, -0.25) is 4.90 Å². The Hall–Kier alpha value is -0.860. The fraction of sp³-hybridized carbons (Fsp3) is 0.667. The fourth-order valence-corrected chi connectivity index (χ4v) is 2.80. The lowest BCUT2D eigenvalue weighted by Gasteiger charge is -2.34. The molecule has 0 aliphatic rings. The molecule has 1 aromatic carbocycles. The summed E-state index contributed by atoms with van der Waals surface area (Å²) in [5.41, 5.74) is 8.75. The Morgan fingerprint density at radius 3 is 1.85 bits per heavy atom. The van der Waals surface area contributed by atoms with Gasteiger partial charge in [0.15, 0.2) is 0 Å². The van der Waals surface area contributed by atoms with Crippen molar-refractivity contribution in [2.75, 3.05) is 13.6 Å². The molecule has 0 saturated heterocycles. The summed E-state index contributed by atoms with van der Waals surface area (Å²) in [4.78, 5) is 2.42. The van der Waals surface area contributed by atoms with Gasteiger partial charge in [0.2, 0.25) is 0 Å². The van der Waals surface area contributed by atoms with E-state index in [0.29, 0.717) is 30.5 Å². The second-order valence-electron chi connectivity index (χ2n) is 6.72. The summed E-state index contributed by atoms with van der Waals surface area (Å²) >= 11 is 0. The number of nitrogens with two attached hydrogens (primary N) is 1. The van der Waals surface area contributed by atoms with Crippen molar-refractivity contribution in [3.63, 3.8) is 0 Å². The summed E-state index contributed by atoms with van der Waals surface area (Å²) in [5.74, 6) is 1.30. The predicted octanol–water partition coefficient (Wildman–Crippen LogP) is 4.18. The highest BCUT2D eigenvalue weighted by molar-refractivity contribution is 5.27. The van der Waals surface area contributed by atoms with Gasteiger partial charge in [-0.25, -0.2) is 0 Å². The molecule has 0 heterocycles. The van der Waals surface area contributed by atoms with E-state index in [4.69, 9.17) is 5.73 Å². The standard InChI is InChI=1S/C18H32N2/c1-13(2)11-15(5)20(6)18(12-19)17-9-7-16(8-10-17)14(3)4/h7-10,13-15,18H,11-12,19H2,1-6H3. The molecule has 0 amide bonds. The molecule has 1 rings (SSSR count). The van der Waals surface area contributed by atoms with Gasteiger partial charge >= 0.3 is 0 Å². The summed E-state index contributed by atoms with van der Waals surface area (Å²) in [6.07, 6.45) is 1.21. The van der Waals surface area contributed by atoms with E-state index in [1.165, 1.54) is 17.5 Å². The van der Waals surface area contributed by atoms with Crippen molar-refractivity contribution in [3.05, 3.63) is 35.4 Å². The Bertz CT molecular complexity index is 381. The minimum atomic E-state index is 0.310. The Labute approximate surface area is 125 Å². The fourth-order valence-electron chi connectivity index (χ4n) is 2.80. The van der Waals surface area contributed by atoms with Crippen LogP contribution < -0.4 is 5.73 Å². The summed E-state index contributed by atoms with van der Waals surface area (Å²) in [5, 5.41) is 0. The van der Waals surface area contributed by atoms with E-state index in [2.05, 4.69) is 70.8 Å². The summed E-state index contributed by atoms with van der Waals surface area (Å²) in [7, 11) is 2.20. The molecule has 0 aliphatic carbocycles. The molecule has 0 spiro atoms. The molecule has 2 unspecified atom stereocenters. The molecule has 20 heavy (non-hydrogen) atoms. The molecular weight excluding hydrogens is 244 g/mol. The lowest BCUT2D eigenvalue weighted by Crippen LogP contribution is -2.37. The largest absolute Gasteiger partial charge is 0.329 e. The third kappa shape index (κ3) is 4.60. The molecular formula is C18H32N2. The molecule has 0 saturated carbocycles. The summed E-state index contributed by atoms with van der Waals surface area (Å²) in [6.45, 7) is 12.0. The van der Waals surface area contributed by atoms with Crippen LogP contribution >= 0.6 is 0 Å². The van der Waals surface area contributed by atoms with Gasteiger partial charge in [0.05, 0.1) is 0 Å². The zero-order chi connectivity index (χ0) is 15.3. The average molecular weight is 276 g/mol. The number of likely N-dealkylation sites (N-methyl/N-ethyl adjacent to an activating group) is 1. The maximum atomic E-state index is 6.03. The second kappa shape index (κ2) is 7.80. The van der Waals surface area contributed by atoms with Gasteiger partial charge < -0.3 is 5.73 Å². The molecule has 2 N–H and O–H groups in total. The first-order valence-corrected chi connectivity index (χ1v) is 7.88. The Kier molecular flexibility index (Phi) is 6.70. The van der Waals surface area contributed by atoms with Crippen LogP contribution in [0.1, 0.15) is 64.1 Å². The monoisotopic (exact) mass is 276 g/mol. The predicted molar refractivity (Wildman–Crippen MR) is 89.0 cm³/mol. The molecule has 2 atom stereocenters. The van der Waals surface area contributed by atoms with Crippen molar-refractivity contribution in [3.8, 4) is 0 Å². The highest BCUT2D eigenvalue weighted by Gasteiger charge is 2.21. The van der Waals surface area contributed by atoms with Crippen LogP contribution in [0.4, 0.5) is 0 Å². The molecule has 0 aliphatic heterocycles. The maximum absolute atomic E-state index is 6.03. The van der Waals surface area contributed by atoms with Gasteiger partial charge in [0.1, 0.15) is 0 Å². The molecule has 0 radical (unpaired) electrons. The maximum Gasteiger partial charge on any atom is 0.0470 e. The zero-order valence-corrected chi connectivity index (χ0v) is 14.1. The van der Waals surface area contributed by atoms with Crippen LogP contribution in [-0.2, 0) is 0 Å². The van der Waals surface area contributed by atoms with E-state index in [-0.39, 0.29) is 0 Å². The topological polar surface area (TPSA) is 29.3 Å². The van der Waals surface area contributed by atoms with Crippen molar-refractivity contribution < 1.29 is 0 Å². The smallest absolute Gasteiger partial charge is 0.0470 e. The van der Waals surface area contributed by atoms with E-state index in [1.807, 2.05) is 0 Å². The van der Waals surface area contributed by atoms with Crippen LogP contribution in [0, 0.1) is 5.92 Å².